The molecule has 3 aromatic rings. The second-order valence-corrected chi connectivity index (χ2v) is 9.59. The van der Waals surface area contributed by atoms with Gasteiger partial charge in [0, 0.05) is 30.8 Å². The second-order valence-electron chi connectivity index (χ2n) is 8.03. The van der Waals surface area contributed by atoms with Crippen molar-refractivity contribution in [1.82, 2.24) is 9.80 Å². The molecule has 1 heterocycles. The van der Waals surface area contributed by atoms with E-state index >= 15 is 0 Å². The highest BCUT2D eigenvalue weighted by atomic mass is 32.2. The fraction of sp³-hybridized carbons (Fsp3) is 0.200. The number of rotatable bonds is 5. The van der Waals surface area contributed by atoms with Crippen LogP contribution in [0.1, 0.15) is 26.3 Å². The summed E-state index contributed by atoms with van der Waals surface area (Å²) in [5.41, 5.74) is 2.08. The Labute approximate surface area is 193 Å². The topological polar surface area (TPSA) is 101 Å². The molecule has 0 radical (unpaired) electrons. The molecule has 1 fully saturated rings. The molecule has 8 heteroatoms. The maximum Gasteiger partial charge on any atom is 0.254 e. The Kier molecular flexibility index (Phi) is 6.57. The molecule has 2 amide bonds. The molecule has 0 bridgehead atoms. The maximum atomic E-state index is 13.2. The van der Waals surface area contributed by atoms with Gasteiger partial charge in [0.05, 0.1) is 10.9 Å². The number of carbonyl (C=O) groups is 2. The number of amides is 2. The van der Waals surface area contributed by atoms with Gasteiger partial charge in [0.25, 0.3) is 11.8 Å². The number of sulfonamides is 1. The van der Waals surface area contributed by atoms with Crippen LogP contribution in [0.5, 0.6) is 0 Å². The first-order valence-electron chi connectivity index (χ1n) is 10.6. The number of nitrogens with zero attached hydrogens (tertiary/aromatic N) is 2. The summed E-state index contributed by atoms with van der Waals surface area (Å²) >= 11 is 0. The summed E-state index contributed by atoms with van der Waals surface area (Å²) in [7, 11) is -3.83. The molecule has 33 heavy (non-hydrogen) atoms. The van der Waals surface area contributed by atoms with Gasteiger partial charge < -0.3 is 9.80 Å². The van der Waals surface area contributed by atoms with Gasteiger partial charge in [0.2, 0.25) is 10.0 Å². The van der Waals surface area contributed by atoms with Crippen molar-refractivity contribution in [3.8, 4) is 0 Å². The van der Waals surface area contributed by atoms with Crippen molar-refractivity contribution in [3.63, 3.8) is 0 Å². The standard InChI is InChI=1S/C25H25N3O4S/c26-33(31,32)23-13-11-21(12-14-23)24(29)27-15-16-28(25(30)20-9-5-2-6-10-20)22(18-27)17-19-7-3-1-4-8-19/h1-14,22H,15-18H2,(H2,26,31,32)/t22-/m0/s1. The van der Waals surface area contributed by atoms with Crippen molar-refractivity contribution in [2.24, 2.45) is 5.14 Å². The van der Waals surface area contributed by atoms with Gasteiger partial charge in [-0.15, -0.1) is 0 Å². The highest BCUT2D eigenvalue weighted by molar-refractivity contribution is 7.89. The van der Waals surface area contributed by atoms with Crippen LogP contribution < -0.4 is 5.14 Å². The van der Waals surface area contributed by atoms with Crippen molar-refractivity contribution in [2.75, 3.05) is 19.6 Å². The molecular formula is C25H25N3O4S. The van der Waals surface area contributed by atoms with Crippen LogP contribution in [0, 0.1) is 0 Å². The Morgan fingerprint density at radius 1 is 0.788 bits per heavy atom. The third-order valence-corrected chi connectivity index (χ3v) is 6.72. The van der Waals surface area contributed by atoms with Crippen LogP contribution in [0.2, 0.25) is 0 Å². The van der Waals surface area contributed by atoms with Crippen molar-refractivity contribution in [2.45, 2.75) is 17.4 Å². The predicted molar refractivity (Wildman–Crippen MR) is 125 cm³/mol. The van der Waals surface area contributed by atoms with Crippen LogP contribution in [0.25, 0.3) is 0 Å². The van der Waals surface area contributed by atoms with E-state index in [9.17, 15) is 18.0 Å². The average Bonchev–Trinajstić information content (AvgIpc) is 2.84. The molecule has 1 saturated heterocycles. The third kappa shape index (κ3) is 5.30. The van der Waals surface area contributed by atoms with Crippen LogP contribution in [0.3, 0.4) is 0 Å². The molecule has 1 atom stereocenters. The highest BCUT2D eigenvalue weighted by Gasteiger charge is 2.33. The zero-order valence-electron chi connectivity index (χ0n) is 18.0. The summed E-state index contributed by atoms with van der Waals surface area (Å²) in [4.78, 5) is 29.9. The van der Waals surface area contributed by atoms with Gasteiger partial charge in [-0.25, -0.2) is 13.6 Å². The second kappa shape index (κ2) is 9.56. The fourth-order valence-corrected chi connectivity index (χ4v) is 4.60. The summed E-state index contributed by atoms with van der Waals surface area (Å²) in [6.07, 6.45) is 0.619. The van der Waals surface area contributed by atoms with Crippen LogP contribution in [0.4, 0.5) is 0 Å². The monoisotopic (exact) mass is 463 g/mol. The van der Waals surface area contributed by atoms with Gasteiger partial charge >= 0.3 is 0 Å². The van der Waals surface area contributed by atoms with Gasteiger partial charge in [-0.2, -0.15) is 0 Å². The lowest BCUT2D eigenvalue weighted by atomic mass is 10.00. The minimum absolute atomic E-state index is 0.0423. The number of primary sulfonamides is 1. The molecule has 7 nitrogen and oxygen atoms in total. The molecule has 0 unspecified atom stereocenters. The molecule has 0 saturated carbocycles. The maximum absolute atomic E-state index is 13.2. The van der Waals surface area contributed by atoms with Crippen LogP contribution >= 0.6 is 0 Å². The Morgan fingerprint density at radius 3 is 1.97 bits per heavy atom. The summed E-state index contributed by atoms with van der Waals surface area (Å²) in [5.74, 6) is -0.262. The minimum Gasteiger partial charge on any atom is -0.335 e. The highest BCUT2D eigenvalue weighted by Crippen LogP contribution is 2.20. The zero-order chi connectivity index (χ0) is 23.4. The summed E-state index contributed by atoms with van der Waals surface area (Å²) in [5, 5.41) is 5.15. The molecule has 3 aromatic carbocycles. The van der Waals surface area contributed by atoms with Crippen molar-refractivity contribution >= 4 is 21.8 Å². The fourth-order valence-electron chi connectivity index (χ4n) is 4.08. The van der Waals surface area contributed by atoms with E-state index in [-0.39, 0.29) is 22.8 Å². The van der Waals surface area contributed by atoms with Crippen LogP contribution in [-0.2, 0) is 16.4 Å². The molecular weight excluding hydrogens is 438 g/mol. The van der Waals surface area contributed by atoms with E-state index in [0.29, 0.717) is 37.2 Å². The Morgan fingerprint density at radius 2 is 1.36 bits per heavy atom. The van der Waals surface area contributed by atoms with E-state index in [2.05, 4.69) is 0 Å². The number of nitrogens with two attached hydrogens (primary N) is 1. The first-order chi connectivity index (χ1) is 15.8. The third-order valence-electron chi connectivity index (χ3n) is 5.80. The SMILES string of the molecule is NS(=O)(=O)c1ccc(C(=O)N2CCN(C(=O)c3ccccc3)[C@@H](Cc3ccccc3)C2)cc1. The Bertz CT molecular complexity index is 1230. The predicted octanol–water partition coefficient (Wildman–Crippen LogP) is 2.54. The molecule has 1 aliphatic heterocycles. The molecule has 170 valence electrons. The molecule has 2 N–H and O–H groups in total. The normalized spacial score (nSPS) is 16.5. The number of piperazine rings is 1. The van der Waals surface area contributed by atoms with E-state index in [1.54, 1.807) is 17.0 Å². The quantitative estimate of drug-likeness (QED) is 0.628. The summed E-state index contributed by atoms with van der Waals surface area (Å²) < 4.78 is 23.0. The smallest absolute Gasteiger partial charge is 0.254 e. The lowest BCUT2D eigenvalue weighted by molar-refractivity contribution is 0.0386. The average molecular weight is 464 g/mol. The number of carbonyl (C=O) groups excluding carboxylic acids is 2. The van der Waals surface area contributed by atoms with Crippen LogP contribution in [-0.4, -0.2) is 55.7 Å². The van der Waals surface area contributed by atoms with Crippen molar-refractivity contribution in [1.29, 1.82) is 0 Å². The lowest BCUT2D eigenvalue weighted by Crippen LogP contribution is -2.57. The number of benzene rings is 3. The van der Waals surface area contributed by atoms with Gasteiger partial charge in [-0.05, 0) is 48.4 Å². The number of hydrogen-bond acceptors (Lipinski definition) is 4. The first kappa shape index (κ1) is 22.7. The minimum atomic E-state index is -3.83. The number of hydrogen-bond donors (Lipinski definition) is 1. The van der Waals surface area contributed by atoms with Gasteiger partial charge in [-0.3, -0.25) is 9.59 Å². The summed E-state index contributed by atoms with van der Waals surface area (Å²) in [6.45, 7) is 1.18. The van der Waals surface area contributed by atoms with Gasteiger partial charge in [0.15, 0.2) is 0 Å². The van der Waals surface area contributed by atoms with E-state index in [1.165, 1.54) is 24.3 Å². The van der Waals surface area contributed by atoms with E-state index in [1.807, 2.05) is 53.4 Å². The molecule has 0 aromatic heterocycles. The van der Waals surface area contributed by atoms with E-state index < -0.39 is 10.0 Å². The molecule has 1 aliphatic rings. The summed E-state index contributed by atoms with van der Waals surface area (Å²) in [6, 6.07) is 24.4. The first-order valence-corrected chi connectivity index (χ1v) is 12.2. The van der Waals surface area contributed by atoms with Crippen molar-refractivity contribution < 1.29 is 18.0 Å². The van der Waals surface area contributed by atoms with Gasteiger partial charge in [0.1, 0.15) is 0 Å². The van der Waals surface area contributed by atoms with Crippen LogP contribution in [0.15, 0.2) is 89.8 Å². The largest absolute Gasteiger partial charge is 0.335 e. The zero-order valence-corrected chi connectivity index (χ0v) is 18.8. The van der Waals surface area contributed by atoms with E-state index in [4.69, 9.17) is 5.14 Å². The van der Waals surface area contributed by atoms with E-state index in [0.717, 1.165) is 5.56 Å². The molecule has 0 aliphatic carbocycles. The van der Waals surface area contributed by atoms with Gasteiger partial charge in [-0.1, -0.05) is 48.5 Å². The molecule has 0 spiro atoms. The Hall–Kier alpha value is -3.49. The van der Waals surface area contributed by atoms with Crippen molar-refractivity contribution in [3.05, 3.63) is 102 Å². The lowest BCUT2D eigenvalue weighted by Gasteiger charge is -2.41. The molecule has 4 rings (SSSR count). The Balaban J connectivity index is 1.56.